The summed E-state index contributed by atoms with van der Waals surface area (Å²) in [5.41, 5.74) is 6.91. The zero-order valence-electron chi connectivity index (χ0n) is 8.18. The van der Waals surface area contributed by atoms with Gasteiger partial charge in [-0.3, -0.25) is 0 Å². The molecule has 2 aromatic heterocycles. The van der Waals surface area contributed by atoms with Crippen molar-refractivity contribution in [3.63, 3.8) is 0 Å². The average molecular weight is 202 g/mol. The van der Waals surface area contributed by atoms with E-state index < -0.39 is 0 Å². The van der Waals surface area contributed by atoms with Crippen molar-refractivity contribution in [3.05, 3.63) is 24.8 Å². The van der Waals surface area contributed by atoms with Gasteiger partial charge in [-0.2, -0.15) is 0 Å². The number of aromatic nitrogens is 4. The molecule has 0 unspecified atom stereocenters. The monoisotopic (exact) mass is 202 g/mol. The molecule has 0 aliphatic rings. The van der Waals surface area contributed by atoms with Crippen LogP contribution in [0.5, 0.6) is 0 Å². The number of hydrogen-bond acceptors (Lipinski definition) is 6. The quantitative estimate of drug-likeness (QED) is 0.739. The molecule has 3 N–H and O–H groups in total. The Kier molecular flexibility index (Phi) is 2.40. The Morgan fingerprint density at radius 2 is 1.93 bits per heavy atom. The van der Waals surface area contributed by atoms with Gasteiger partial charge in [0.25, 0.3) is 0 Å². The molecule has 2 aromatic rings. The molecule has 0 atom stereocenters. The van der Waals surface area contributed by atoms with Crippen LogP contribution < -0.4 is 11.1 Å². The summed E-state index contributed by atoms with van der Waals surface area (Å²) >= 11 is 0. The Hall–Kier alpha value is -2.24. The van der Waals surface area contributed by atoms with Gasteiger partial charge in [-0.05, 0) is 0 Å². The van der Waals surface area contributed by atoms with E-state index in [0.29, 0.717) is 23.0 Å². The van der Waals surface area contributed by atoms with Gasteiger partial charge in [0.15, 0.2) is 5.82 Å². The second kappa shape index (κ2) is 3.87. The second-order valence-corrected chi connectivity index (χ2v) is 2.83. The van der Waals surface area contributed by atoms with E-state index in [0.717, 1.165) is 0 Å². The first-order chi connectivity index (χ1) is 7.31. The molecular weight excluding hydrogens is 192 g/mol. The van der Waals surface area contributed by atoms with Crippen LogP contribution >= 0.6 is 0 Å². The van der Waals surface area contributed by atoms with E-state index in [9.17, 15) is 0 Å². The normalized spacial score (nSPS) is 9.93. The SMILES string of the molecule is CNc1cc(-c2nccnc2N)ncn1. The van der Waals surface area contributed by atoms with Crippen LogP contribution in [0.3, 0.4) is 0 Å². The molecule has 0 fully saturated rings. The van der Waals surface area contributed by atoms with E-state index in [4.69, 9.17) is 5.73 Å². The van der Waals surface area contributed by atoms with E-state index in [1.54, 1.807) is 25.5 Å². The van der Waals surface area contributed by atoms with Crippen molar-refractivity contribution in [2.45, 2.75) is 0 Å². The lowest BCUT2D eigenvalue weighted by Crippen LogP contribution is -1.99. The maximum absolute atomic E-state index is 5.69. The highest BCUT2D eigenvalue weighted by Gasteiger charge is 2.06. The molecule has 0 aliphatic carbocycles. The molecule has 0 bridgehead atoms. The molecule has 6 nitrogen and oxygen atoms in total. The first-order valence-electron chi connectivity index (χ1n) is 4.38. The molecule has 0 spiro atoms. The fourth-order valence-corrected chi connectivity index (χ4v) is 1.17. The van der Waals surface area contributed by atoms with Gasteiger partial charge in [-0.1, -0.05) is 0 Å². The molecule has 0 aliphatic heterocycles. The Bertz CT molecular complexity index is 470. The van der Waals surface area contributed by atoms with Crippen LogP contribution in [0.4, 0.5) is 11.6 Å². The maximum atomic E-state index is 5.69. The first kappa shape index (κ1) is 9.32. The Balaban J connectivity index is 2.49. The number of nitrogens with zero attached hydrogens (tertiary/aromatic N) is 4. The standard InChI is InChI=1S/C9H10N6/c1-11-7-4-6(14-5-15-7)8-9(10)13-3-2-12-8/h2-5H,1H3,(H2,10,13)(H,11,14,15). The van der Waals surface area contributed by atoms with Gasteiger partial charge in [-0.25, -0.2) is 19.9 Å². The van der Waals surface area contributed by atoms with Crippen molar-refractivity contribution in [3.8, 4) is 11.4 Å². The van der Waals surface area contributed by atoms with E-state index >= 15 is 0 Å². The lowest BCUT2D eigenvalue weighted by Gasteiger charge is -2.03. The van der Waals surface area contributed by atoms with Crippen LogP contribution in [0.25, 0.3) is 11.4 Å². The molecule has 0 saturated heterocycles. The number of nitrogens with two attached hydrogens (primary N) is 1. The Morgan fingerprint density at radius 1 is 1.13 bits per heavy atom. The lowest BCUT2D eigenvalue weighted by molar-refractivity contribution is 1.13. The summed E-state index contributed by atoms with van der Waals surface area (Å²) in [7, 11) is 1.78. The molecule has 6 heteroatoms. The minimum Gasteiger partial charge on any atom is -0.382 e. The summed E-state index contributed by atoms with van der Waals surface area (Å²) in [6.45, 7) is 0. The number of rotatable bonds is 2. The van der Waals surface area contributed by atoms with Crippen LogP contribution in [-0.2, 0) is 0 Å². The maximum Gasteiger partial charge on any atom is 0.151 e. The van der Waals surface area contributed by atoms with Crippen LogP contribution in [0, 0.1) is 0 Å². The summed E-state index contributed by atoms with van der Waals surface area (Å²) in [5.74, 6) is 1.07. The van der Waals surface area contributed by atoms with E-state index in [-0.39, 0.29) is 0 Å². The molecule has 76 valence electrons. The second-order valence-electron chi connectivity index (χ2n) is 2.83. The predicted molar refractivity (Wildman–Crippen MR) is 57.0 cm³/mol. The van der Waals surface area contributed by atoms with Crippen molar-refractivity contribution in [1.29, 1.82) is 0 Å². The van der Waals surface area contributed by atoms with Crippen molar-refractivity contribution in [1.82, 2.24) is 19.9 Å². The third kappa shape index (κ3) is 1.83. The zero-order chi connectivity index (χ0) is 10.7. The third-order valence-corrected chi connectivity index (χ3v) is 1.89. The highest BCUT2D eigenvalue weighted by atomic mass is 15.0. The van der Waals surface area contributed by atoms with Gasteiger partial charge in [0.2, 0.25) is 0 Å². The summed E-state index contributed by atoms with van der Waals surface area (Å²) in [6.07, 6.45) is 4.57. The van der Waals surface area contributed by atoms with Crippen LogP contribution in [0.2, 0.25) is 0 Å². The molecule has 15 heavy (non-hydrogen) atoms. The van der Waals surface area contributed by atoms with Crippen LogP contribution in [-0.4, -0.2) is 27.0 Å². The van der Waals surface area contributed by atoms with Gasteiger partial charge in [0.05, 0.1) is 5.69 Å². The lowest BCUT2D eigenvalue weighted by atomic mass is 10.3. The summed E-state index contributed by atoms with van der Waals surface area (Å²) in [6, 6.07) is 1.76. The van der Waals surface area contributed by atoms with Gasteiger partial charge < -0.3 is 11.1 Å². The van der Waals surface area contributed by atoms with Crippen LogP contribution in [0.15, 0.2) is 24.8 Å². The topological polar surface area (TPSA) is 89.6 Å². The molecule has 0 aromatic carbocycles. The number of hydrogen-bond donors (Lipinski definition) is 2. The van der Waals surface area contributed by atoms with Gasteiger partial charge in [0, 0.05) is 25.5 Å². The van der Waals surface area contributed by atoms with E-state index in [2.05, 4.69) is 25.3 Å². The molecule has 0 saturated carbocycles. The van der Waals surface area contributed by atoms with Crippen molar-refractivity contribution < 1.29 is 0 Å². The molecular formula is C9H10N6. The fraction of sp³-hybridized carbons (Fsp3) is 0.111. The highest BCUT2D eigenvalue weighted by Crippen LogP contribution is 2.19. The summed E-state index contributed by atoms with van der Waals surface area (Å²) in [5, 5.41) is 2.92. The number of nitrogen functional groups attached to an aromatic ring is 1. The van der Waals surface area contributed by atoms with Gasteiger partial charge >= 0.3 is 0 Å². The van der Waals surface area contributed by atoms with Crippen molar-refractivity contribution in [2.75, 3.05) is 18.1 Å². The minimum atomic E-state index is 0.359. The van der Waals surface area contributed by atoms with E-state index in [1.165, 1.54) is 6.33 Å². The van der Waals surface area contributed by atoms with Crippen molar-refractivity contribution in [2.24, 2.45) is 0 Å². The van der Waals surface area contributed by atoms with Crippen LogP contribution in [0.1, 0.15) is 0 Å². The third-order valence-electron chi connectivity index (χ3n) is 1.89. The molecule has 2 heterocycles. The number of nitrogens with one attached hydrogen (secondary N) is 1. The minimum absolute atomic E-state index is 0.359. The van der Waals surface area contributed by atoms with Crippen molar-refractivity contribution >= 4 is 11.6 Å². The molecule has 0 amide bonds. The van der Waals surface area contributed by atoms with Gasteiger partial charge in [-0.15, -0.1) is 0 Å². The first-order valence-corrected chi connectivity index (χ1v) is 4.38. The highest BCUT2D eigenvalue weighted by molar-refractivity contribution is 5.67. The fourth-order valence-electron chi connectivity index (χ4n) is 1.17. The number of anilines is 2. The smallest absolute Gasteiger partial charge is 0.151 e. The Morgan fingerprint density at radius 3 is 2.67 bits per heavy atom. The summed E-state index contributed by atoms with van der Waals surface area (Å²) in [4.78, 5) is 16.2. The predicted octanol–water partition coefficient (Wildman–Crippen LogP) is 0.557. The Labute approximate surface area is 86.6 Å². The molecule has 0 radical (unpaired) electrons. The van der Waals surface area contributed by atoms with E-state index in [1.807, 2.05) is 0 Å². The molecule has 2 rings (SSSR count). The largest absolute Gasteiger partial charge is 0.382 e. The average Bonchev–Trinajstić information content (AvgIpc) is 2.30. The zero-order valence-corrected chi connectivity index (χ0v) is 8.18. The summed E-state index contributed by atoms with van der Waals surface area (Å²) < 4.78 is 0. The van der Waals surface area contributed by atoms with Gasteiger partial charge in [0.1, 0.15) is 17.8 Å².